The summed E-state index contributed by atoms with van der Waals surface area (Å²) in [4.78, 5) is 60.7. The number of ether oxygens (including phenoxy) is 4. The molecule has 2 aliphatic heterocycles. The standard InChI is InChI=1S/C21H27N5O9S2/c1-4-6-32-21(30)34-10-33-19(29)15-11(7-31-3)8-36-18-14(17(28)26(15)18)24-16(27)13(25-35-5-2)12-9-37-20(22)23-12/h9,14,18H,4-8,10H2,1-3H3,(H2,22,23)(H,24,27)/t14?,18-/m0/s1. The van der Waals surface area contributed by atoms with E-state index in [9.17, 15) is 19.2 Å². The number of hydrogen-bond donors (Lipinski definition) is 2. The van der Waals surface area contributed by atoms with Crippen molar-refractivity contribution in [3.8, 4) is 0 Å². The number of aromatic nitrogens is 1. The van der Waals surface area contributed by atoms with Crippen LogP contribution in [0, 0.1) is 0 Å². The molecule has 0 radical (unpaired) electrons. The number of nitrogens with two attached hydrogens (primary N) is 1. The fourth-order valence-electron chi connectivity index (χ4n) is 3.32. The van der Waals surface area contributed by atoms with E-state index in [-0.39, 0.29) is 42.1 Å². The van der Waals surface area contributed by atoms with E-state index in [4.69, 9.17) is 29.5 Å². The van der Waals surface area contributed by atoms with E-state index in [2.05, 4.69) is 15.5 Å². The van der Waals surface area contributed by atoms with Gasteiger partial charge in [-0.1, -0.05) is 12.1 Å². The van der Waals surface area contributed by atoms with Gasteiger partial charge in [0.25, 0.3) is 11.8 Å². The second-order valence-corrected chi connectivity index (χ2v) is 9.46. The minimum absolute atomic E-state index is 0.0258. The number of methoxy groups -OCH3 is 1. The molecule has 37 heavy (non-hydrogen) atoms. The van der Waals surface area contributed by atoms with Gasteiger partial charge in [0.15, 0.2) is 10.8 Å². The van der Waals surface area contributed by atoms with Gasteiger partial charge in [-0.15, -0.1) is 23.1 Å². The molecule has 1 unspecified atom stereocenters. The Morgan fingerprint density at radius 1 is 1.27 bits per heavy atom. The van der Waals surface area contributed by atoms with Gasteiger partial charge in [0.05, 0.1) is 13.2 Å². The number of nitrogens with one attached hydrogen (secondary N) is 1. The van der Waals surface area contributed by atoms with Crippen LogP contribution in [0.5, 0.6) is 0 Å². The van der Waals surface area contributed by atoms with Gasteiger partial charge >= 0.3 is 12.1 Å². The van der Waals surface area contributed by atoms with Gasteiger partial charge in [-0.2, -0.15) is 0 Å². The highest BCUT2D eigenvalue weighted by molar-refractivity contribution is 8.00. The Morgan fingerprint density at radius 3 is 2.70 bits per heavy atom. The fraction of sp³-hybridized carbons (Fsp3) is 0.524. The van der Waals surface area contributed by atoms with Crippen LogP contribution >= 0.6 is 23.1 Å². The number of rotatable bonds is 12. The summed E-state index contributed by atoms with van der Waals surface area (Å²) in [6, 6.07) is -0.951. The molecular weight excluding hydrogens is 530 g/mol. The van der Waals surface area contributed by atoms with Gasteiger partial charge in [-0.05, 0) is 18.9 Å². The lowest BCUT2D eigenvalue weighted by Crippen LogP contribution is -2.71. The number of thioether (sulfide) groups is 1. The van der Waals surface area contributed by atoms with Crippen LogP contribution in [0.1, 0.15) is 26.0 Å². The fourth-order valence-corrected chi connectivity index (χ4v) is 5.20. The van der Waals surface area contributed by atoms with Crippen molar-refractivity contribution in [3.63, 3.8) is 0 Å². The van der Waals surface area contributed by atoms with Crippen molar-refractivity contribution >= 4 is 57.9 Å². The number of oxime groups is 1. The van der Waals surface area contributed by atoms with Crippen LogP contribution < -0.4 is 11.1 Å². The number of nitrogens with zero attached hydrogens (tertiary/aromatic N) is 3. The van der Waals surface area contributed by atoms with E-state index in [1.165, 1.54) is 23.8 Å². The van der Waals surface area contributed by atoms with Crippen molar-refractivity contribution < 1.29 is 43.0 Å². The summed E-state index contributed by atoms with van der Waals surface area (Å²) in [7, 11) is 1.45. The summed E-state index contributed by atoms with van der Waals surface area (Å²) in [6.45, 7) is 3.26. The normalized spacial score (nSPS) is 19.1. The molecule has 1 saturated heterocycles. The lowest BCUT2D eigenvalue weighted by atomic mass is 10.0. The summed E-state index contributed by atoms with van der Waals surface area (Å²) in [6.07, 6.45) is -0.376. The van der Waals surface area contributed by atoms with Crippen LogP contribution in [0.15, 0.2) is 21.8 Å². The summed E-state index contributed by atoms with van der Waals surface area (Å²) in [5, 5.41) is 7.65. The number of hydrogen-bond acceptors (Lipinski definition) is 14. The SMILES string of the molecule is CCCOC(=O)OCOC(=O)C1=C(COC)CS[C@H]2C(NC(=O)C(=NOCC)c3csc(N)n3)C(=O)N12. The van der Waals surface area contributed by atoms with Crippen molar-refractivity contribution in [1.29, 1.82) is 0 Å². The molecule has 1 fully saturated rings. The lowest BCUT2D eigenvalue weighted by molar-refractivity contribution is -0.157. The number of anilines is 1. The molecule has 3 N–H and O–H groups in total. The highest BCUT2D eigenvalue weighted by atomic mass is 32.2. The maximum atomic E-state index is 13.1. The monoisotopic (exact) mass is 557 g/mol. The third-order valence-electron chi connectivity index (χ3n) is 4.90. The first-order valence-electron chi connectivity index (χ1n) is 11.2. The van der Waals surface area contributed by atoms with Crippen molar-refractivity contribution in [2.45, 2.75) is 31.7 Å². The van der Waals surface area contributed by atoms with Crippen LogP contribution in [0.25, 0.3) is 0 Å². The molecule has 0 aliphatic carbocycles. The van der Waals surface area contributed by atoms with Crippen LogP contribution in [0.3, 0.4) is 0 Å². The molecule has 3 rings (SSSR count). The number of amides is 2. The van der Waals surface area contributed by atoms with Crippen molar-refractivity contribution in [1.82, 2.24) is 15.2 Å². The van der Waals surface area contributed by atoms with E-state index in [1.54, 1.807) is 12.3 Å². The number of esters is 1. The Labute approximate surface area is 220 Å². The number of β-lactam (4-membered cyclic amide) rings is 1. The minimum Gasteiger partial charge on any atom is -0.434 e. The first kappa shape index (κ1) is 28.2. The molecule has 0 bridgehead atoms. The Kier molecular flexibility index (Phi) is 10.1. The van der Waals surface area contributed by atoms with Gasteiger partial charge in [0.1, 0.15) is 29.4 Å². The maximum Gasteiger partial charge on any atom is 0.511 e. The lowest BCUT2D eigenvalue weighted by Gasteiger charge is -2.49. The zero-order valence-electron chi connectivity index (χ0n) is 20.4. The summed E-state index contributed by atoms with van der Waals surface area (Å²) < 4.78 is 19.7. The third-order valence-corrected chi connectivity index (χ3v) is 6.91. The first-order chi connectivity index (χ1) is 17.8. The van der Waals surface area contributed by atoms with Crippen LogP contribution in [0.4, 0.5) is 9.93 Å². The Bertz CT molecular complexity index is 1090. The molecule has 1 aromatic rings. The van der Waals surface area contributed by atoms with Crippen LogP contribution in [-0.2, 0) is 38.2 Å². The van der Waals surface area contributed by atoms with E-state index < -0.39 is 42.1 Å². The molecule has 2 aliphatic rings. The zero-order valence-corrected chi connectivity index (χ0v) is 22.0. The first-order valence-corrected chi connectivity index (χ1v) is 13.1. The number of carbonyl (C=O) groups is 4. The highest BCUT2D eigenvalue weighted by Gasteiger charge is 2.54. The number of carbonyl (C=O) groups excluding carboxylic acids is 4. The summed E-state index contributed by atoms with van der Waals surface area (Å²) in [5.74, 6) is -1.77. The predicted octanol–water partition coefficient (Wildman–Crippen LogP) is 0.830. The average molecular weight is 558 g/mol. The predicted molar refractivity (Wildman–Crippen MR) is 132 cm³/mol. The Balaban J connectivity index is 1.70. The van der Waals surface area contributed by atoms with Crippen LogP contribution in [0.2, 0.25) is 0 Å². The quantitative estimate of drug-likeness (QED) is 0.122. The van der Waals surface area contributed by atoms with E-state index in [1.807, 2.05) is 6.92 Å². The summed E-state index contributed by atoms with van der Waals surface area (Å²) in [5.41, 5.74) is 6.23. The smallest absolute Gasteiger partial charge is 0.434 e. The third kappa shape index (κ3) is 6.69. The second-order valence-electron chi connectivity index (χ2n) is 7.47. The van der Waals surface area contributed by atoms with Gasteiger partial charge in [0, 0.05) is 18.2 Å². The van der Waals surface area contributed by atoms with E-state index in [0.29, 0.717) is 17.7 Å². The molecule has 16 heteroatoms. The molecule has 202 valence electrons. The second kappa shape index (κ2) is 13.3. The van der Waals surface area contributed by atoms with Crippen molar-refractivity contribution in [2.24, 2.45) is 5.16 Å². The Morgan fingerprint density at radius 2 is 2.05 bits per heavy atom. The molecule has 3 heterocycles. The van der Waals surface area contributed by atoms with Gasteiger partial charge in [0.2, 0.25) is 6.79 Å². The molecular formula is C21H27N5O9S2. The molecule has 14 nitrogen and oxygen atoms in total. The van der Waals surface area contributed by atoms with Gasteiger partial charge in [-0.25, -0.2) is 14.6 Å². The minimum atomic E-state index is -0.980. The molecule has 2 amide bonds. The molecule has 2 atom stereocenters. The van der Waals surface area contributed by atoms with Gasteiger partial charge in [-0.3, -0.25) is 14.5 Å². The number of fused-ring (bicyclic) bond motifs is 1. The highest BCUT2D eigenvalue weighted by Crippen LogP contribution is 2.40. The molecule has 1 aromatic heterocycles. The number of thiazole rings is 1. The Hall–Kier alpha value is -3.37. The molecule has 0 spiro atoms. The summed E-state index contributed by atoms with van der Waals surface area (Å²) >= 11 is 2.46. The van der Waals surface area contributed by atoms with E-state index in [0.717, 1.165) is 11.3 Å². The van der Waals surface area contributed by atoms with Crippen LogP contribution in [-0.4, -0.2) is 90.4 Å². The average Bonchev–Trinajstić information content (AvgIpc) is 3.31. The largest absolute Gasteiger partial charge is 0.511 e. The van der Waals surface area contributed by atoms with E-state index >= 15 is 0 Å². The maximum absolute atomic E-state index is 13.1. The van der Waals surface area contributed by atoms with Crippen molar-refractivity contribution in [3.05, 3.63) is 22.3 Å². The molecule has 0 aromatic carbocycles. The molecule has 0 saturated carbocycles. The van der Waals surface area contributed by atoms with Crippen molar-refractivity contribution in [2.75, 3.05) is 45.2 Å². The van der Waals surface area contributed by atoms with Gasteiger partial charge < -0.3 is 34.8 Å². The zero-order chi connectivity index (χ0) is 26.9. The number of nitrogen functional groups attached to an aromatic ring is 1. The topological polar surface area (TPSA) is 181 Å².